The molecule has 0 radical (unpaired) electrons. The molecule has 1 aromatic rings. The summed E-state index contributed by atoms with van der Waals surface area (Å²) in [5.41, 5.74) is 2.98. The molecule has 1 aromatic carbocycles. The Morgan fingerprint density at radius 3 is 1.80 bits per heavy atom. The third-order valence-corrected chi connectivity index (χ3v) is 19.7. The fourth-order valence-corrected chi connectivity index (χ4v) is 19.3. The Labute approximate surface area is 161 Å². The molecule has 0 bridgehead atoms. The van der Waals surface area contributed by atoms with E-state index < -0.39 is 18.4 Å². The van der Waals surface area contributed by atoms with Crippen LogP contribution in [0.25, 0.3) is 5.57 Å². The van der Waals surface area contributed by atoms with E-state index in [0.29, 0.717) is 5.92 Å². The van der Waals surface area contributed by atoms with Gasteiger partial charge in [0.1, 0.15) is 0 Å². The predicted octanol–water partition coefficient (Wildman–Crippen LogP) is 8.28. The molecule has 1 unspecified atom stereocenters. The Bertz CT molecular complexity index is 478. The molecule has 0 aliphatic rings. The van der Waals surface area contributed by atoms with Crippen LogP contribution in [0.15, 0.2) is 47.1 Å². The van der Waals surface area contributed by atoms with Gasteiger partial charge in [-0.1, -0.05) is 0 Å². The van der Waals surface area contributed by atoms with Crippen molar-refractivity contribution in [3.8, 4) is 0 Å². The first-order chi connectivity index (χ1) is 12.1. The minimum absolute atomic E-state index is 0.448. The molecule has 0 heterocycles. The Balaban J connectivity index is 3.32. The summed E-state index contributed by atoms with van der Waals surface area (Å²) < 4.78 is 7.47. The summed E-state index contributed by atoms with van der Waals surface area (Å²) in [5, 5.41) is 0. The second-order valence-electron chi connectivity index (χ2n) is 7.66. The van der Waals surface area contributed by atoms with Gasteiger partial charge in [0, 0.05) is 0 Å². The summed E-state index contributed by atoms with van der Waals surface area (Å²) in [6.07, 6.45) is 10.4. The summed E-state index contributed by atoms with van der Waals surface area (Å²) in [6.45, 7) is 13.5. The van der Waals surface area contributed by atoms with E-state index in [-0.39, 0.29) is 0 Å². The van der Waals surface area contributed by atoms with E-state index >= 15 is 0 Å². The van der Waals surface area contributed by atoms with Crippen molar-refractivity contribution in [3.05, 3.63) is 52.6 Å². The monoisotopic (exact) mass is 448 g/mol. The SMILES string of the molecule is C=CC(C)/C(=[CH]/[Sn]([CH2]CCC)([CH2]CCC)[CH2]CCC)c1ccccc1. The number of hydrogen-bond acceptors (Lipinski definition) is 0. The van der Waals surface area contributed by atoms with E-state index in [0.717, 1.165) is 0 Å². The van der Waals surface area contributed by atoms with Crippen LogP contribution in [-0.4, -0.2) is 18.4 Å². The van der Waals surface area contributed by atoms with E-state index in [2.05, 4.69) is 74.8 Å². The van der Waals surface area contributed by atoms with Crippen LogP contribution in [0.3, 0.4) is 0 Å². The Kier molecular flexibility index (Phi) is 11.5. The van der Waals surface area contributed by atoms with Crippen molar-refractivity contribution in [2.24, 2.45) is 5.92 Å². The molecule has 0 saturated carbocycles. The van der Waals surface area contributed by atoms with Gasteiger partial charge >= 0.3 is 162 Å². The first-order valence-electron chi connectivity index (χ1n) is 10.5. The molecule has 0 aliphatic heterocycles. The predicted molar refractivity (Wildman–Crippen MR) is 119 cm³/mol. The average molecular weight is 447 g/mol. The summed E-state index contributed by atoms with van der Waals surface area (Å²) in [4.78, 5) is 0. The first-order valence-corrected chi connectivity index (χ1v) is 18.2. The molecule has 25 heavy (non-hydrogen) atoms. The van der Waals surface area contributed by atoms with Gasteiger partial charge in [-0.15, -0.1) is 0 Å². The topological polar surface area (TPSA) is 0 Å². The van der Waals surface area contributed by atoms with E-state index in [1.807, 2.05) is 0 Å². The van der Waals surface area contributed by atoms with Crippen LogP contribution in [-0.2, 0) is 0 Å². The van der Waals surface area contributed by atoms with Crippen molar-refractivity contribution in [3.63, 3.8) is 0 Å². The van der Waals surface area contributed by atoms with Gasteiger partial charge in [0.15, 0.2) is 0 Å². The van der Waals surface area contributed by atoms with Crippen LogP contribution >= 0.6 is 0 Å². The number of benzene rings is 1. The molecular formula is C24H40Sn. The number of rotatable bonds is 13. The third kappa shape index (κ3) is 7.72. The summed E-state index contributed by atoms with van der Waals surface area (Å²) in [5.74, 6) is 0.448. The second-order valence-corrected chi connectivity index (χ2v) is 20.5. The van der Waals surface area contributed by atoms with Crippen molar-refractivity contribution in [2.75, 3.05) is 0 Å². The molecular weight excluding hydrogens is 407 g/mol. The van der Waals surface area contributed by atoms with E-state index in [4.69, 9.17) is 0 Å². The van der Waals surface area contributed by atoms with Crippen LogP contribution in [0.2, 0.25) is 13.3 Å². The molecule has 0 amide bonds. The van der Waals surface area contributed by atoms with Crippen molar-refractivity contribution < 1.29 is 0 Å². The molecule has 0 N–H and O–H groups in total. The van der Waals surface area contributed by atoms with Gasteiger partial charge in [0.2, 0.25) is 0 Å². The van der Waals surface area contributed by atoms with Gasteiger partial charge in [-0.05, 0) is 0 Å². The molecule has 140 valence electrons. The molecule has 0 fully saturated rings. The average Bonchev–Trinajstić information content (AvgIpc) is 2.67. The van der Waals surface area contributed by atoms with E-state index in [1.165, 1.54) is 57.4 Å². The van der Waals surface area contributed by atoms with Gasteiger partial charge in [-0.2, -0.15) is 0 Å². The van der Waals surface area contributed by atoms with Crippen LogP contribution in [0.5, 0.6) is 0 Å². The van der Waals surface area contributed by atoms with Gasteiger partial charge < -0.3 is 0 Å². The molecule has 1 rings (SSSR count). The number of unbranched alkanes of at least 4 members (excludes halogenated alkanes) is 3. The van der Waals surface area contributed by atoms with Gasteiger partial charge in [-0.25, -0.2) is 0 Å². The first kappa shape index (κ1) is 22.5. The summed E-state index contributed by atoms with van der Waals surface area (Å²) in [6, 6.07) is 11.1. The maximum atomic E-state index is 4.11. The zero-order valence-electron chi connectivity index (χ0n) is 17.2. The van der Waals surface area contributed by atoms with Gasteiger partial charge in [0.25, 0.3) is 0 Å². The Morgan fingerprint density at radius 1 is 0.920 bits per heavy atom. The Hall–Kier alpha value is -0.501. The van der Waals surface area contributed by atoms with Crippen molar-refractivity contribution in [1.82, 2.24) is 0 Å². The molecule has 0 aromatic heterocycles. The van der Waals surface area contributed by atoms with Crippen molar-refractivity contribution >= 4 is 24.0 Å². The fourth-order valence-electron chi connectivity index (χ4n) is 3.74. The minimum atomic E-state index is -2.29. The standard InChI is InChI=1S/C12H13.3C4H9.Sn/c1-4-10(2)11(3)12-8-6-5-7-9-12;3*1-3-4-2;/h3-10H,1H2,2H3;3*1,3-4H2,2H3;. The normalized spacial score (nSPS) is 13.7. The molecule has 0 aliphatic carbocycles. The molecule has 0 spiro atoms. The molecule has 1 atom stereocenters. The number of hydrogen-bond donors (Lipinski definition) is 0. The molecule has 1 heteroatoms. The van der Waals surface area contributed by atoms with Crippen LogP contribution in [0.4, 0.5) is 0 Å². The van der Waals surface area contributed by atoms with E-state index in [9.17, 15) is 0 Å². The molecule has 0 saturated heterocycles. The molecule has 0 nitrogen and oxygen atoms in total. The van der Waals surface area contributed by atoms with Crippen LogP contribution in [0.1, 0.15) is 71.8 Å². The zero-order chi connectivity index (χ0) is 18.5. The van der Waals surface area contributed by atoms with Gasteiger partial charge in [0.05, 0.1) is 0 Å². The third-order valence-electron chi connectivity index (χ3n) is 5.50. The van der Waals surface area contributed by atoms with Crippen molar-refractivity contribution in [2.45, 2.75) is 79.5 Å². The summed E-state index contributed by atoms with van der Waals surface area (Å²) >= 11 is -2.29. The van der Waals surface area contributed by atoms with Crippen molar-refractivity contribution in [1.29, 1.82) is 0 Å². The zero-order valence-corrected chi connectivity index (χ0v) is 20.0. The maximum absolute atomic E-state index is 4.11. The van der Waals surface area contributed by atoms with Crippen LogP contribution < -0.4 is 0 Å². The summed E-state index contributed by atoms with van der Waals surface area (Å²) in [7, 11) is 0. The fraction of sp³-hybridized carbons (Fsp3) is 0.583. The van der Waals surface area contributed by atoms with Crippen LogP contribution in [0, 0.1) is 5.92 Å². The van der Waals surface area contributed by atoms with Gasteiger partial charge in [-0.3, -0.25) is 0 Å². The number of allylic oxidation sites excluding steroid dienone is 2. The second kappa shape index (κ2) is 12.8. The van der Waals surface area contributed by atoms with E-state index in [1.54, 1.807) is 5.57 Å². The quantitative estimate of drug-likeness (QED) is 0.211. The Morgan fingerprint density at radius 2 is 1.40 bits per heavy atom.